The molecule has 39 heavy (non-hydrogen) atoms. The Balaban J connectivity index is 0.00000210. The Morgan fingerprint density at radius 2 is 1.33 bits per heavy atom. The van der Waals surface area contributed by atoms with Gasteiger partial charge < -0.3 is 61.4 Å². The first kappa shape index (κ1) is 29.4. The lowest BCUT2D eigenvalue weighted by atomic mass is 10.1. The first-order valence-corrected chi connectivity index (χ1v) is 11.8. The number of pyridine rings is 2. The topological polar surface area (TPSA) is 113 Å². The number of amides is 1. The van der Waals surface area contributed by atoms with Crippen LogP contribution < -0.4 is 70.5 Å². The van der Waals surface area contributed by atoms with Crippen LogP contribution in [0.4, 0.5) is 39.8 Å². The molecule has 0 fully saturated rings. The molecule has 0 spiro atoms. The average Bonchev–Trinajstić information content (AvgIpc) is 2.88. The quantitative estimate of drug-likeness (QED) is 0.112. The number of benzene rings is 3. The number of fused-ring (bicyclic) bond motifs is 1. The van der Waals surface area contributed by atoms with Crippen LogP contribution >= 0.6 is 0 Å². The molecule has 5 aromatic rings. The molecule has 0 saturated carbocycles. The van der Waals surface area contributed by atoms with E-state index in [1.807, 2.05) is 109 Å². The highest BCUT2D eigenvalue weighted by Gasteiger charge is 2.14. The van der Waals surface area contributed by atoms with Crippen LogP contribution in [0.25, 0.3) is 10.9 Å². The van der Waals surface area contributed by atoms with Crippen molar-refractivity contribution in [1.82, 2.24) is 0 Å². The van der Waals surface area contributed by atoms with Crippen molar-refractivity contribution < 1.29 is 47.9 Å². The van der Waals surface area contributed by atoms with Crippen molar-refractivity contribution in [1.29, 1.82) is 0 Å². The van der Waals surface area contributed by atoms with Crippen LogP contribution in [0.15, 0.2) is 97.5 Å². The summed E-state index contributed by atoms with van der Waals surface area (Å²) < 4.78 is 3.99. The Bertz CT molecular complexity index is 1610. The summed E-state index contributed by atoms with van der Waals surface area (Å²) in [6, 6.07) is 24.6. The number of halogens is 2. The minimum Gasteiger partial charge on any atom is -1.00 e. The van der Waals surface area contributed by atoms with Gasteiger partial charge in [-0.25, -0.2) is 9.13 Å². The van der Waals surface area contributed by atoms with E-state index >= 15 is 0 Å². The minimum atomic E-state index is -0.270. The number of carbonyl (C=O) groups is 1. The van der Waals surface area contributed by atoms with Crippen molar-refractivity contribution in [3.8, 4) is 0 Å². The van der Waals surface area contributed by atoms with Gasteiger partial charge in [-0.05, 0) is 54.6 Å². The summed E-state index contributed by atoms with van der Waals surface area (Å²) in [5, 5.41) is 10.7. The number of aryl methyl sites for hydroxylation is 2. The third-order valence-corrected chi connectivity index (χ3v) is 6.14. The van der Waals surface area contributed by atoms with E-state index in [9.17, 15) is 4.79 Å². The molecular weight excluding hydrogens is 622 g/mol. The molecule has 2 aromatic heterocycles. The first-order chi connectivity index (χ1) is 17.9. The highest BCUT2D eigenvalue weighted by atomic mass is 79.9. The van der Waals surface area contributed by atoms with Crippen LogP contribution in [0.1, 0.15) is 10.4 Å². The molecule has 0 aliphatic carbocycles. The Kier molecular flexibility index (Phi) is 9.50. The normalized spacial score (nSPS) is 10.2. The summed E-state index contributed by atoms with van der Waals surface area (Å²) >= 11 is 0. The van der Waals surface area contributed by atoms with Crippen LogP contribution in [-0.4, -0.2) is 5.91 Å². The summed E-state index contributed by atoms with van der Waals surface area (Å²) in [6.45, 7) is 0. The zero-order valence-electron chi connectivity index (χ0n) is 21.5. The van der Waals surface area contributed by atoms with E-state index in [1.54, 1.807) is 12.1 Å². The molecule has 0 atom stereocenters. The monoisotopic (exact) mass is 649 g/mol. The van der Waals surface area contributed by atoms with Gasteiger partial charge in [0.05, 0.1) is 22.3 Å². The maximum Gasteiger partial charge on any atom is 0.257 e. The largest absolute Gasteiger partial charge is 1.00 e. The molecule has 5 rings (SSSR count). The zero-order chi connectivity index (χ0) is 25.9. The maximum absolute atomic E-state index is 12.9. The Hall–Kier alpha value is -4.15. The third-order valence-electron chi connectivity index (χ3n) is 6.14. The summed E-state index contributed by atoms with van der Waals surface area (Å²) in [4.78, 5) is 12.9. The van der Waals surface area contributed by atoms with E-state index in [4.69, 9.17) is 11.5 Å². The van der Waals surface area contributed by atoms with E-state index in [0.29, 0.717) is 22.6 Å². The second-order valence-electron chi connectivity index (χ2n) is 8.95. The predicted octanol–water partition coefficient (Wildman–Crippen LogP) is -1.60. The number of carbonyl (C=O) groups excluding carboxylic acids is 1. The van der Waals surface area contributed by atoms with Crippen LogP contribution in [0.5, 0.6) is 0 Å². The van der Waals surface area contributed by atoms with Crippen molar-refractivity contribution in [3.63, 3.8) is 0 Å². The average molecular weight is 651 g/mol. The first-order valence-electron chi connectivity index (χ1n) is 11.8. The van der Waals surface area contributed by atoms with Crippen LogP contribution in [0, 0.1) is 0 Å². The number of nitrogens with zero attached hydrogens (tertiary/aromatic N) is 2. The van der Waals surface area contributed by atoms with Crippen molar-refractivity contribution in [2.24, 2.45) is 14.1 Å². The molecule has 0 saturated heterocycles. The van der Waals surface area contributed by atoms with Crippen molar-refractivity contribution >= 4 is 56.6 Å². The standard InChI is InChI=1S/C29H27N7O.2BrH/c1-35-14-11-22(12-15-35)32-20-4-6-21(7-5-20)34-29(37)24-10-8-23(18-26(24)31)33-27-13-16-36(2)28-17-19(30)3-9-25(27)28;;/h3-18H,1-2H3,(H5,30,31,33,34,37);2*1H. The van der Waals surface area contributed by atoms with E-state index in [1.165, 1.54) is 0 Å². The van der Waals surface area contributed by atoms with Gasteiger partial charge in [0.15, 0.2) is 18.6 Å². The molecule has 0 radical (unpaired) electrons. The lowest BCUT2D eigenvalue weighted by Crippen LogP contribution is -3.00. The number of hydrogen-bond donors (Lipinski definition) is 5. The molecule has 8 nitrogen and oxygen atoms in total. The molecule has 10 heteroatoms. The summed E-state index contributed by atoms with van der Waals surface area (Å²) in [5.41, 5.74) is 19.0. The number of aromatic nitrogens is 2. The molecule has 7 N–H and O–H groups in total. The number of nitrogens with two attached hydrogens (primary N) is 2. The molecule has 2 heterocycles. The third kappa shape index (κ3) is 6.84. The van der Waals surface area contributed by atoms with Crippen LogP contribution in [0.2, 0.25) is 0 Å². The van der Waals surface area contributed by atoms with Gasteiger partial charge in [0.1, 0.15) is 14.1 Å². The second-order valence-corrected chi connectivity index (χ2v) is 8.95. The lowest BCUT2D eigenvalue weighted by molar-refractivity contribution is -0.671. The van der Waals surface area contributed by atoms with Gasteiger partial charge in [-0.15, -0.1) is 0 Å². The smallest absolute Gasteiger partial charge is 0.257 e. The molecule has 0 aliphatic rings. The van der Waals surface area contributed by atoms with Gasteiger partial charge in [0.2, 0.25) is 5.52 Å². The van der Waals surface area contributed by atoms with Crippen molar-refractivity contribution in [2.75, 3.05) is 27.4 Å². The van der Waals surface area contributed by atoms with Crippen LogP contribution in [-0.2, 0) is 14.1 Å². The molecule has 0 unspecified atom stereocenters. The minimum absolute atomic E-state index is 0. The summed E-state index contributed by atoms with van der Waals surface area (Å²) in [5.74, 6) is -0.270. The fraction of sp³-hybridized carbons (Fsp3) is 0.0690. The molecule has 0 aliphatic heterocycles. The number of hydrogen-bond acceptors (Lipinski definition) is 5. The number of nitrogen functional groups attached to an aromatic ring is 2. The number of rotatable bonds is 6. The Morgan fingerprint density at radius 3 is 2.03 bits per heavy atom. The molecular formula is C29H29Br2N7O. The molecule has 0 bridgehead atoms. The SMILES string of the molecule is C[n+]1ccc(Nc2ccc(NC(=O)c3ccc(Nc4cc[n+](C)c5cc(N)ccc45)cc3N)cc2)cc1.[Br-].[Br-]. The molecule has 200 valence electrons. The van der Waals surface area contributed by atoms with Gasteiger partial charge in [-0.1, -0.05) is 0 Å². The highest BCUT2D eigenvalue weighted by molar-refractivity contribution is 6.08. The van der Waals surface area contributed by atoms with Gasteiger partial charge in [0.25, 0.3) is 5.91 Å². The van der Waals surface area contributed by atoms with Gasteiger partial charge in [-0.3, -0.25) is 4.79 Å². The number of nitrogens with one attached hydrogen (secondary N) is 3. The van der Waals surface area contributed by atoms with Gasteiger partial charge in [-0.2, -0.15) is 0 Å². The van der Waals surface area contributed by atoms with E-state index in [-0.39, 0.29) is 39.9 Å². The van der Waals surface area contributed by atoms with Gasteiger partial charge >= 0.3 is 0 Å². The predicted molar refractivity (Wildman–Crippen MR) is 149 cm³/mol. The fourth-order valence-electron chi connectivity index (χ4n) is 4.12. The van der Waals surface area contributed by atoms with E-state index < -0.39 is 0 Å². The number of anilines is 7. The van der Waals surface area contributed by atoms with Crippen molar-refractivity contribution in [3.05, 3.63) is 103 Å². The fourth-order valence-corrected chi connectivity index (χ4v) is 4.12. The summed E-state index contributed by atoms with van der Waals surface area (Å²) in [7, 11) is 3.95. The zero-order valence-corrected chi connectivity index (χ0v) is 24.6. The highest BCUT2D eigenvalue weighted by Crippen LogP contribution is 2.28. The lowest BCUT2D eigenvalue weighted by Gasteiger charge is -2.12. The van der Waals surface area contributed by atoms with E-state index in [0.717, 1.165) is 33.7 Å². The van der Waals surface area contributed by atoms with Crippen molar-refractivity contribution in [2.45, 2.75) is 0 Å². The Labute approximate surface area is 248 Å². The van der Waals surface area contributed by atoms with Gasteiger partial charge in [0, 0.05) is 52.7 Å². The molecule has 1 amide bonds. The molecule has 3 aromatic carbocycles. The summed E-state index contributed by atoms with van der Waals surface area (Å²) in [6.07, 6.45) is 5.91. The maximum atomic E-state index is 12.9. The van der Waals surface area contributed by atoms with E-state index in [2.05, 4.69) is 16.0 Å². The van der Waals surface area contributed by atoms with Crippen LogP contribution in [0.3, 0.4) is 0 Å². The second kappa shape index (κ2) is 12.6. The Morgan fingerprint density at radius 1 is 0.692 bits per heavy atom.